The smallest absolute Gasteiger partial charge is 0.261 e. The second kappa shape index (κ2) is 9.11. The van der Waals surface area contributed by atoms with Gasteiger partial charge < -0.3 is 10.1 Å². The van der Waals surface area contributed by atoms with E-state index in [2.05, 4.69) is 26.0 Å². The molecule has 3 rings (SSSR count). The van der Waals surface area contributed by atoms with Crippen LogP contribution >= 0.6 is 15.9 Å². The number of carbonyl (C=O) groups is 1. The number of benzene rings is 3. The number of carbonyl (C=O) groups excluding carboxylic acids is 1. The number of halogens is 1. The second-order valence-electron chi connectivity index (χ2n) is 6.17. The van der Waals surface area contributed by atoms with E-state index in [0.717, 1.165) is 10.0 Å². The van der Waals surface area contributed by atoms with Gasteiger partial charge >= 0.3 is 0 Å². The summed E-state index contributed by atoms with van der Waals surface area (Å²) in [5.74, 6) is 0.331. The number of nitrogens with one attached hydrogen (secondary N) is 2. The maximum absolute atomic E-state index is 12.6. The zero-order valence-corrected chi connectivity index (χ0v) is 18.0. The fraction of sp³-hybridized carbons (Fsp3) is 0.0952. The SMILES string of the molecule is COc1cccc(CNC(=O)c2cccc(S(=O)(=O)Nc3ccc(Br)cc3)c2)c1. The van der Waals surface area contributed by atoms with Crippen LogP contribution in [0, 0.1) is 0 Å². The van der Waals surface area contributed by atoms with Gasteiger partial charge in [0.2, 0.25) is 0 Å². The van der Waals surface area contributed by atoms with Crippen LogP contribution in [0.25, 0.3) is 0 Å². The molecule has 3 aromatic rings. The molecular formula is C21H19BrN2O4S. The second-order valence-corrected chi connectivity index (χ2v) is 8.77. The lowest BCUT2D eigenvalue weighted by Gasteiger charge is -2.10. The van der Waals surface area contributed by atoms with E-state index in [0.29, 0.717) is 18.0 Å². The van der Waals surface area contributed by atoms with E-state index in [-0.39, 0.29) is 16.4 Å². The van der Waals surface area contributed by atoms with Gasteiger partial charge in [0.25, 0.3) is 15.9 Å². The van der Waals surface area contributed by atoms with Gasteiger partial charge in [-0.1, -0.05) is 34.1 Å². The van der Waals surface area contributed by atoms with Gasteiger partial charge in [0, 0.05) is 22.3 Å². The van der Waals surface area contributed by atoms with Crippen LogP contribution in [0.2, 0.25) is 0 Å². The first-order valence-corrected chi connectivity index (χ1v) is 10.9. The van der Waals surface area contributed by atoms with Crippen LogP contribution in [0.4, 0.5) is 5.69 Å². The molecule has 3 aromatic carbocycles. The van der Waals surface area contributed by atoms with E-state index in [4.69, 9.17) is 4.74 Å². The van der Waals surface area contributed by atoms with Gasteiger partial charge in [-0.25, -0.2) is 8.42 Å². The zero-order valence-electron chi connectivity index (χ0n) is 15.6. The molecule has 0 saturated heterocycles. The van der Waals surface area contributed by atoms with Crippen molar-refractivity contribution in [2.45, 2.75) is 11.4 Å². The monoisotopic (exact) mass is 474 g/mol. The predicted molar refractivity (Wildman–Crippen MR) is 116 cm³/mol. The number of rotatable bonds is 7. The van der Waals surface area contributed by atoms with Crippen molar-refractivity contribution in [2.75, 3.05) is 11.8 Å². The molecule has 6 nitrogen and oxygen atoms in total. The lowest BCUT2D eigenvalue weighted by atomic mass is 10.2. The van der Waals surface area contributed by atoms with E-state index in [9.17, 15) is 13.2 Å². The van der Waals surface area contributed by atoms with Crippen LogP contribution in [0.5, 0.6) is 5.75 Å². The molecule has 0 unspecified atom stereocenters. The molecule has 0 aliphatic heterocycles. The first-order chi connectivity index (χ1) is 13.9. The molecule has 0 saturated carbocycles. The number of ether oxygens (including phenoxy) is 1. The van der Waals surface area contributed by atoms with Crippen molar-refractivity contribution in [3.63, 3.8) is 0 Å². The van der Waals surface area contributed by atoms with Gasteiger partial charge in [0.15, 0.2) is 0 Å². The lowest BCUT2D eigenvalue weighted by Crippen LogP contribution is -2.23. The summed E-state index contributed by atoms with van der Waals surface area (Å²) >= 11 is 3.31. The Bertz CT molecular complexity index is 1120. The molecule has 8 heteroatoms. The Morgan fingerprint density at radius 1 is 1.00 bits per heavy atom. The Balaban J connectivity index is 1.72. The highest BCUT2D eigenvalue weighted by Gasteiger charge is 2.16. The minimum absolute atomic E-state index is 0.00875. The van der Waals surface area contributed by atoms with E-state index in [1.54, 1.807) is 37.4 Å². The fourth-order valence-electron chi connectivity index (χ4n) is 2.60. The molecule has 0 aromatic heterocycles. The minimum Gasteiger partial charge on any atom is -0.497 e. The Labute approximate surface area is 178 Å². The molecule has 0 radical (unpaired) electrons. The van der Waals surface area contributed by atoms with Gasteiger partial charge in [0.05, 0.1) is 12.0 Å². The van der Waals surface area contributed by atoms with Crippen molar-refractivity contribution in [3.05, 3.63) is 88.4 Å². The fourth-order valence-corrected chi connectivity index (χ4v) is 3.97. The van der Waals surface area contributed by atoms with E-state index in [1.165, 1.54) is 18.2 Å². The summed E-state index contributed by atoms with van der Waals surface area (Å²) in [6.45, 7) is 0.296. The molecule has 150 valence electrons. The summed E-state index contributed by atoms with van der Waals surface area (Å²) < 4.78 is 33.8. The highest BCUT2D eigenvalue weighted by atomic mass is 79.9. The summed E-state index contributed by atoms with van der Waals surface area (Å²) in [4.78, 5) is 12.5. The maximum atomic E-state index is 12.6. The van der Waals surface area contributed by atoms with Crippen LogP contribution in [0.3, 0.4) is 0 Å². The Hall–Kier alpha value is -2.84. The Morgan fingerprint density at radius 3 is 2.45 bits per heavy atom. The molecule has 1 amide bonds. The molecule has 0 atom stereocenters. The standard InChI is InChI=1S/C21H19BrN2O4S/c1-28-19-6-2-4-15(12-19)14-23-21(25)16-5-3-7-20(13-16)29(26,27)24-18-10-8-17(22)9-11-18/h2-13,24H,14H2,1H3,(H,23,25). The Kier molecular flexibility index (Phi) is 6.56. The third-order valence-electron chi connectivity index (χ3n) is 4.09. The number of hydrogen-bond acceptors (Lipinski definition) is 4. The average Bonchev–Trinajstić information content (AvgIpc) is 2.74. The molecule has 0 aliphatic rings. The highest BCUT2D eigenvalue weighted by Crippen LogP contribution is 2.19. The normalized spacial score (nSPS) is 11.0. The Morgan fingerprint density at radius 2 is 1.72 bits per heavy atom. The van der Waals surface area contributed by atoms with Crippen LogP contribution in [0.1, 0.15) is 15.9 Å². The third kappa shape index (κ3) is 5.58. The quantitative estimate of drug-likeness (QED) is 0.537. The molecule has 0 aliphatic carbocycles. The summed E-state index contributed by atoms with van der Waals surface area (Å²) in [7, 11) is -2.24. The summed E-state index contributed by atoms with van der Waals surface area (Å²) in [5, 5.41) is 2.79. The minimum atomic E-state index is -3.82. The summed E-state index contributed by atoms with van der Waals surface area (Å²) in [6.07, 6.45) is 0. The number of hydrogen-bond donors (Lipinski definition) is 2. The van der Waals surface area contributed by atoms with Crippen molar-refractivity contribution in [1.29, 1.82) is 0 Å². The van der Waals surface area contributed by atoms with Crippen LogP contribution in [0.15, 0.2) is 82.2 Å². The van der Waals surface area contributed by atoms with Crippen molar-refractivity contribution in [2.24, 2.45) is 0 Å². The summed E-state index contributed by atoms with van der Waals surface area (Å²) in [6, 6.07) is 20.0. The average molecular weight is 475 g/mol. The predicted octanol–water partition coefficient (Wildman–Crippen LogP) is 4.19. The summed E-state index contributed by atoms with van der Waals surface area (Å²) in [5.41, 5.74) is 1.56. The van der Waals surface area contributed by atoms with E-state index < -0.39 is 10.0 Å². The van der Waals surface area contributed by atoms with Crippen LogP contribution in [-0.4, -0.2) is 21.4 Å². The number of methoxy groups -OCH3 is 1. The van der Waals surface area contributed by atoms with Crippen molar-refractivity contribution in [1.82, 2.24) is 5.32 Å². The molecule has 0 heterocycles. The molecular weight excluding hydrogens is 456 g/mol. The van der Waals surface area contributed by atoms with E-state index >= 15 is 0 Å². The van der Waals surface area contributed by atoms with E-state index in [1.807, 2.05) is 24.3 Å². The third-order valence-corrected chi connectivity index (χ3v) is 6.00. The molecule has 0 fully saturated rings. The van der Waals surface area contributed by atoms with Gasteiger partial charge in [-0.3, -0.25) is 9.52 Å². The van der Waals surface area contributed by atoms with Crippen LogP contribution in [-0.2, 0) is 16.6 Å². The van der Waals surface area contributed by atoms with Crippen molar-refractivity contribution < 1.29 is 17.9 Å². The van der Waals surface area contributed by atoms with Crippen molar-refractivity contribution >= 4 is 37.5 Å². The van der Waals surface area contributed by atoms with Gasteiger partial charge in [-0.2, -0.15) is 0 Å². The van der Waals surface area contributed by atoms with Crippen molar-refractivity contribution in [3.8, 4) is 5.75 Å². The van der Waals surface area contributed by atoms with Gasteiger partial charge in [-0.15, -0.1) is 0 Å². The highest BCUT2D eigenvalue weighted by molar-refractivity contribution is 9.10. The zero-order chi connectivity index (χ0) is 20.9. The maximum Gasteiger partial charge on any atom is 0.261 e. The lowest BCUT2D eigenvalue weighted by molar-refractivity contribution is 0.0950. The number of anilines is 1. The largest absolute Gasteiger partial charge is 0.497 e. The topological polar surface area (TPSA) is 84.5 Å². The first-order valence-electron chi connectivity index (χ1n) is 8.67. The van der Waals surface area contributed by atoms with Gasteiger partial charge in [-0.05, 0) is 60.2 Å². The van der Waals surface area contributed by atoms with Crippen LogP contribution < -0.4 is 14.8 Å². The number of amides is 1. The number of sulfonamides is 1. The first kappa shape index (κ1) is 20.9. The molecule has 0 bridgehead atoms. The molecule has 0 spiro atoms. The van der Waals surface area contributed by atoms with Gasteiger partial charge in [0.1, 0.15) is 5.75 Å². The molecule has 29 heavy (non-hydrogen) atoms. The molecule has 2 N–H and O–H groups in total.